The molecule has 0 bridgehead atoms. The fourth-order valence-corrected chi connectivity index (χ4v) is 1.91. The summed E-state index contributed by atoms with van der Waals surface area (Å²) < 4.78 is 5.31. The van der Waals surface area contributed by atoms with Crippen LogP contribution in [0.1, 0.15) is 31.4 Å². The lowest BCUT2D eigenvalue weighted by molar-refractivity contribution is 0.0240. The molecule has 0 aliphatic carbocycles. The van der Waals surface area contributed by atoms with Gasteiger partial charge in [-0.05, 0) is 20.8 Å². The highest BCUT2D eigenvalue weighted by atomic mass is 16.6. The lowest BCUT2D eigenvalue weighted by Crippen LogP contribution is -2.50. The van der Waals surface area contributed by atoms with Crippen LogP contribution in [0.4, 0.5) is 10.7 Å². The largest absolute Gasteiger partial charge is 0.475 e. The van der Waals surface area contributed by atoms with Crippen molar-refractivity contribution < 1.29 is 19.4 Å². The number of H-pyrrole nitrogens is 1. The van der Waals surface area contributed by atoms with Crippen LogP contribution in [0.15, 0.2) is 0 Å². The number of rotatable bonds is 2. The molecule has 0 spiro atoms. The van der Waals surface area contributed by atoms with Gasteiger partial charge >= 0.3 is 12.1 Å². The van der Waals surface area contributed by atoms with Gasteiger partial charge in [-0.1, -0.05) is 0 Å². The third-order valence-corrected chi connectivity index (χ3v) is 2.89. The normalized spacial score (nSPS) is 16.0. The summed E-state index contributed by atoms with van der Waals surface area (Å²) in [6, 6.07) is 0. The predicted octanol–water partition coefficient (Wildman–Crippen LogP) is 0.560. The fourth-order valence-electron chi connectivity index (χ4n) is 1.91. The Morgan fingerprint density at radius 3 is 2.33 bits per heavy atom. The Bertz CT molecular complexity index is 528. The first kappa shape index (κ1) is 15.1. The van der Waals surface area contributed by atoms with E-state index in [0.717, 1.165) is 0 Å². The molecule has 2 rings (SSSR count). The number of hydrogen-bond donors (Lipinski definition) is 2. The molecule has 1 saturated heterocycles. The highest BCUT2D eigenvalue weighted by Crippen LogP contribution is 2.14. The van der Waals surface area contributed by atoms with E-state index in [1.54, 1.807) is 4.90 Å². The van der Waals surface area contributed by atoms with Crippen molar-refractivity contribution in [1.82, 2.24) is 20.1 Å². The summed E-state index contributed by atoms with van der Waals surface area (Å²) in [5.74, 6) is -1.02. The highest BCUT2D eigenvalue weighted by molar-refractivity contribution is 5.83. The second-order valence-electron chi connectivity index (χ2n) is 5.74. The van der Waals surface area contributed by atoms with Crippen LogP contribution < -0.4 is 4.90 Å². The maximum atomic E-state index is 11.9. The van der Waals surface area contributed by atoms with Gasteiger partial charge in [0.05, 0.1) is 0 Å². The summed E-state index contributed by atoms with van der Waals surface area (Å²) in [6.45, 7) is 7.47. The Balaban J connectivity index is 1.90. The number of nitrogens with one attached hydrogen (secondary N) is 1. The summed E-state index contributed by atoms with van der Waals surface area (Å²) in [7, 11) is 0. The van der Waals surface area contributed by atoms with Crippen molar-refractivity contribution in [3.05, 3.63) is 5.82 Å². The minimum atomic E-state index is -1.15. The van der Waals surface area contributed by atoms with Crippen LogP contribution in [0.25, 0.3) is 0 Å². The molecule has 9 heteroatoms. The molecule has 1 fully saturated rings. The Morgan fingerprint density at radius 2 is 1.86 bits per heavy atom. The quantitative estimate of drug-likeness (QED) is 0.820. The van der Waals surface area contributed by atoms with E-state index in [0.29, 0.717) is 32.1 Å². The van der Waals surface area contributed by atoms with E-state index >= 15 is 0 Å². The SMILES string of the molecule is CC(C)(C)OC(=O)N1CCN(c2n[nH]c(C(=O)O)n2)CC1. The van der Waals surface area contributed by atoms with Crippen LogP contribution in [0.3, 0.4) is 0 Å². The molecule has 0 radical (unpaired) electrons. The molecule has 0 atom stereocenters. The molecule has 0 unspecified atom stereocenters. The minimum absolute atomic E-state index is 0.195. The highest BCUT2D eigenvalue weighted by Gasteiger charge is 2.27. The topological polar surface area (TPSA) is 112 Å². The molecule has 2 N–H and O–H groups in total. The van der Waals surface area contributed by atoms with Gasteiger partial charge < -0.3 is 19.6 Å². The molecule has 9 nitrogen and oxygen atoms in total. The summed E-state index contributed by atoms with van der Waals surface area (Å²) in [5, 5.41) is 15.0. The van der Waals surface area contributed by atoms with Crippen molar-refractivity contribution in [1.29, 1.82) is 0 Å². The van der Waals surface area contributed by atoms with Gasteiger partial charge in [-0.2, -0.15) is 4.98 Å². The van der Waals surface area contributed by atoms with Gasteiger partial charge in [-0.3, -0.25) is 5.10 Å². The lowest BCUT2D eigenvalue weighted by Gasteiger charge is -2.35. The summed E-state index contributed by atoms with van der Waals surface area (Å²) in [4.78, 5) is 30.0. The number of aromatic nitrogens is 3. The van der Waals surface area contributed by atoms with Gasteiger partial charge in [0.2, 0.25) is 11.8 Å². The van der Waals surface area contributed by atoms with Crippen LogP contribution in [-0.4, -0.2) is 69.0 Å². The number of hydrogen-bond acceptors (Lipinski definition) is 6. The Labute approximate surface area is 121 Å². The number of nitrogens with zero attached hydrogens (tertiary/aromatic N) is 4. The van der Waals surface area contributed by atoms with Gasteiger partial charge in [-0.25, -0.2) is 9.59 Å². The molecule has 0 saturated carbocycles. The standard InChI is InChI=1S/C12H19N5O4/c1-12(2,3)21-11(20)17-6-4-16(5-7-17)10-13-8(9(18)19)14-15-10/h4-7H2,1-3H3,(H,18,19)(H,13,14,15). The van der Waals surface area contributed by atoms with Crippen LogP contribution in [0.5, 0.6) is 0 Å². The van der Waals surface area contributed by atoms with Crippen molar-refractivity contribution in [3.8, 4) is 0 Å². The number of aromatic carboxylic acids is 1. The Kier molecular flexibility index (Phi) is 4.01. The molecule has 116 valence electrons. The summed E-state index contributed by atoms with van der Waals surface area (Å²) >= 11 is 0. The van der Waals surface area contributed by atoms with E-state index in [1.807, 2.05) is 25.7 Å². The molecular formula is C12H19N5O4. The van der Waals surface area contributed by atoms with E-state index < -0.39 is 11.6 Å². The number of piperazine rings is 1. The molecule has 1 aromatic rings. The zero-order valence-electron chi connectivity index (χ0n) is 12.3. The predicted molar refractivity (Wildman–Crippen MR) is 73.4 cm³/mol. The van der Waals surface area contributed by atoms with E-state index in [1.165, 1.54) is 0 Å². The number of amides is 1. The number of carboxylic acids is 1. The van der Waals surface area contributed by atoms with Crippen molar-refractivity contribution in [3.63, 3.8) is 0 Å². The second-order valence-corrected chi connectivity index (χ2v) is 5.74. The first-order chi connectivity index (χ1) is 9.76. The third kappa shape index (κ3) is 3.83. The van der Waals surface area contributed by atoms with Crippen LogP contribution in [0, 0.1) is 0 Å². The first-order valence-corrected chi connectivity index (χ1v) is 6.65. The van der Waals surface area contributed by atoms with Gasteiger partial charge in [0, 0.05) is 26.2 Å². The first-order valence-electron chi connectivity index (χ1n) is 6.65. The number of anilines is 1. The number of carboxylic acid groups (broad SMARTS) is 1. The third-order valence-electron chi connectivity index (χ3n) is 2.89. The zero-order chi connectivity index (χ0) is 15.6. The molecule has 0 aromatic carbocycles. The Morgan fingerprint density at radius 1 is 1.24 bits per heavy atom. The molecule has 21 heavy (non-hydrogen) atoms. The molecule has 1 aliphatic heterocycles. The van der Waals surface area contributed by atoms with Gasteiger partial charge in [0.25, 0.3) is 0 Å². The zero-order valence-corrected chi connectivity index (χ0v) is 12.3. The van der Waals surface area contributed by atoms with Gasteiger partial charge in [0.1, 0.15) is 5.60 Å². The molecule has 1 aliphatic rings. The smallest absolute Gasteiger partial charge is 0.410 e. The van der Waals surface area contributed by atoms with Crippen molar-refractivity contribution in [2.45, 2.75) is 26.4 Å². The maximum Gasteiger partial charge on any atom is 0.410 e. The average molecular weight is 297 g/mol. The van der Waals surface area contributed by atoms with Crippen molar-refractivity contribution in [2.24, 2.45) is 0 Å². The van der Waals surface area contributed by atoms with Crippen LogP contribution >= 0.6 is 0 Å². The van der Waals surface area contributed by atoms with Crippen LogP contribution in [-0.2, 0) is 4.74 Å². The minimum Gasteiger partial charge on any atom is -0.475 e. The average Bonchev–Trinajstić information content (AvgIpc) is 2.86. The van der Waals surface area contributed by atoms with E-state index in [4.69, 9.17) is 9.84 Å². The number of carbonyl (C=O) groups is 2. The van der Waals surface area contributed by atoms with E-state index in [2.05, 4.69) is 15.2 Å². The number of ether oxygens (including phenoxy) is 1. The summed E-state index contributed by atoms with van der Waals surface area (Å²) in [6.07, 6.45) is -0.344. The fraction of sp³-hybridized carbons (Fsp3) is 0.667. The number of aromatic amines is 1. The molecule has 1 amide bonds. The second kappa shape index (κ2) is 5.58. The van der Waals surface area contributed by atoms with Crippen molar-refractivity contribution >= 4 is 18.0 Å². The van der Waals surface area contributed by atoms with Crippen molar-refractivity contribution in [2.75, 3.05) is 31.1 Å². The lowest BCUT2D eigenvalue weighted by atomic mass is 10.2. The Hall–Kier alpha value is -2.32. The van der Waals surface area contributed by atoms with Gasteiger partial charge in [0.15, 0.2) is 0 Å². The monoisotopic (exact) mass is 297 g/mol. The van der Waals surface area contributed by atoms with Gasteiger partial charge in [-0.15, -0.1) is 5.10 Å². The summed E-state index contributed by atoms with van der Waals surface area (Å²) in [5.41, 5.74) is -0.519. The van der Waals surface area contributed by atoms with Crippen LogP contribution in [0.2, 0.25) is 0 Å². The molecular weight excluding hydrogens is 278 g/mol. The van der Waals surface area contributed by atoms with E-state index in [9.17, 15) is 9.59 Å². The maximum absolute atomic E-state index is 11.9. The number of carbonyl (C=O) groups excluding carboxylic acids is 1. The molecule has 1 aromatic heterocycles. The molecule has 2 heterocycles. The van der Waals surface area contributed by atoms with E-state index in [-0.39, 0.29) is 11.9 Å².